The number of rotatable bonds is 2. The average molecular weight is 338 g/mol. The van der Waals surface area contributed by atoms with Crippen LogP contribution in [-0.2, 0) is 4.74 Å². The Hall–Kier alpha value is -0.650. The number of morpholine rings is 1. The predicted molar refractivity (Wildman–Crippen MR) is 94.6 cm³/mol. The summed E-state index contributed by atoms with van der Waals surface area (Å²) in [5.41, 5.74) is 2.12. The molecule has 0 spiro atoms. The highest BCUT2D eigenvalue weighted by molar-refractivity contribution is 8.16. The van der Waals surface area contributed by atoms with Crippen molar-refractivity contribution in [3.8, 4) is 0 Å². The number of carbonyl (C=O) groups excluding carboxylic acids is 1. The lowest BCUT2D eigenvalue weighted by molar-refractivity contribution is -0.0586. The van der Waals surface area contributed by atoms with Crippen LogP contribution in [0.4, 0.5) is 0 Å². The van der Waals surface area contributed by atoms with Gasteiger partial charge in [0.1, 0.15) is 0 Å². The zero-order chi connectivity index (χ0) is 15.5. The second-order valence-corrected chi connectivity index (χ2v) is 8.74. The van der Waals surface area contributed by atoms with Crippen molar-refractivity contribution in [2.24, 2.45) is 0 Å². The Bertz CT molecular complexity index is 504. The van der Waals surface area contributed by atoms with E-state index in [0.29, 0.717) is 17.7 Å². The first-order chi connectivity index (χ1) is 10.6. The third-order valence-corrected chi connectivity index (χ3v) is 6.98. The lowest BCUT2D eigenvalue weighted by atomic mass is 10.1. The minimum Gasteiger partial charge on any atom is -0.372 e. The fraction of sp³-hybridized carbons (Fsp3) is 0.588. The molecular weight excluding hydrogens is 314 g/mol. The van der Waals surface area contributed by atoms with E-state index in [2.05, 4.69) is 12.1 Å². The summed E-state index contributed by atoms with van der Waals surface area (Å²) >= 11 is 4.02. The molecule has 0 radical (unpaired) electrons. The molecule has 0 saturated carbocycles. The summed E-state index contributed by atoms with van der Waals surface area (Å²) in [6.45, 7) is 5.41. The molecule has 22 heavy (non-hydrogen) atoms. The molecule has 2 aliphatic heterocycles. The van der Waals surface area contributed by atoms with Gasteiger partial charge in [-0.3, -0.25) is 4.79 Å². The Labute approximate surface area is 141 Å². The number of nitrogens with zero attached hydrogens (tertiary/aromatic N) is 1. The van der Waals surface area contributed by atoms with Crippen LogP contribution >= 0.6 is 23.5 Å². The van der Waals surface area contributed by atoms with E-state index in [-0.39, 0.29) is 18.1 Å². The SMILES string of the molecule is C[C@@H]1CN(C(=O)c2ccc(C3SCCCS3)cc2)C[C@@H](C)O1. The quantitative estimate of drug-likeness (QED) is 0.821. The lowest BCUT2D eigenvalue weighted by Gasteiger charge is -2.35. The van der Waals surface area contributed by atoms with Crippen molar-refractivity contribution in [1.82, 2.24) is 4.90 Å². The Morgan fingerprint density at radius 2 is 1.68 bits per heavy atom. The molecule has 2 atom stereocenters. The third-order valence-electron chi connectivity index (χ3n) is 3.96. The van der Waals surface area contributed by atoms with Gasteiger partial charge in [-0.15, -0.1) is 23.5 Å². The van der Waals surface area contributed by atoms with Crippen LogP contribution in [0, 0.1) is 0 Å². The number of carbonyl (C=O) groups is 1. The van der Waals surface area contributed by atoms with Gasteiger partial charge in [-0.1, -0.05) is 12.1 Å². The van der Waals surface area contributed by atoms with Crippen LogP contribution in [0.3, 0.4) is 0 Å². The highest BCUT2D eigenvalue weighted by Gasteiger charge is 2.26. The maximum atomic E-state index is 12.6. The summed E-state index contributed by atoms with van der Waals surface area (Å²) < 4.78 is 6.23. The van der Waals surface area contributed by atoms with Gasteiger partial charge in [-0.05, 0) is 49.5 Å². The van der Waals surface area contributed by atoms with Gasteiger partial charge in [0.25, 0.3) is 5.91 Å². The predicted octanol–water partition coefficient (Wildman–Crippen LogP) is 3.80. The van der Waals surface area contributed by atoms with Crippen LogP contribution in [0.2, 0.25) is 0 Å². The molecule has 5 heteroatoms. The molecule has 3 rings (SSSR count). The van der Waals surface area contributed by atoms with Crippen molar-refractivity contribution < 1.29 is 9.53 Å². The molecule has 1 aromatic carbocycles. The summed E-state index contributed by atoms with van der Waals surface area (Å²) in [4.78, 5) is 14.6. The molecule has 2 saturated heterocycles. The molecule has 2 aliphatic rings. The van der Waals surface area contributed by atoms with E-state index in [1.54, 1.807) is 0 Å². The van der Waals surface area contributed by atoms with E-state index in [1.165, 1.54) is 23.5 Å². The van der Waals surface area contributed by atoms with Gasteiger partial charge in [0.15, 0.2) is 0 Å². The number of ether oxygens (including phenoxy) is 1. The van der Waals surface area contributed by atoms with Gasteiger partial charge < -0.3 is 9.64 Å². The molecule has 1 amide bonds. The molecule has 0 unspecified atom stereocenters. The van der Waals surface area contributed by atoms with E-state index in [0.717, 1.165) is 5.56 Å². The third kappa shape index (κ3) is 3.81. The van der Waals surface area contributed by atoms with Crippen molar-refractivity contribution in [2.45, 2.75) is 37.1 Å². The number of thioether (sulfide) groups is 2. The molecular formula is C17H23NO2S2. The molecule has 3 nitrogen and oxygen atoms in total. The van der Waals surface area contributed by atoms with E-state index in [1.807, 2.05) is 54.4 Å². The first-order valence-electron chi connectivity index (χ1n) is 7.91. The van der Waals surface area contributed by atoms with Crippen LogP contribution in [0.15, 0.2) is 24.3 Å². The molecule has 120 valence electrons. The minimum absolute atomic E-state index is 0.113. The monoisotopic (exact) mass is 337 g/mol. The highest BCUT2D eigenvalue weighted by atomic mass is 32.2. The number of benzene rings is 1. The summed E-state index contributed by atoms with van der Waals surface area (Å²) in [5, 5.41) is 0. The highest BCUT2D eigenvalue weighted by Crippen LogP contribution is 2.43. The Balaban J connectivity index is 1.68. The van der Waals surface area contributed by atoms with Gasteiger partial charge in [-0.25, -0.2) is 0 Å². The number of hydrogen-bond donors (Lipinski definition) is 0. The number of amides is 1. The molecule has 0 aliphatic carbocycles. The Kier molecular flexibility index (Phi) is 5.37. The van der Waals surface area contributed by atoms with Crippen molar-refractivity contribution in [3.63, 3.8) is 0 Å². The lowest BCUT2D eigenvalue weighted by Crippen LogP contribution is -2.48. The maximum Gasteiger partial charge on any atom is 0.254 e. The van der Waals surface area contributed by atoms with Crippen LogP contribution in [-0.4, -0.2) is 47.6 Å². The molecule has 0 bridgehead atoms. The van der Waals surface area contributed by atoms with E-state index in [4.69, 9.17) is 4.74 Å². The van der Waals surface area contributed by atoms with E-state index >= 15 is 0 Å². The molecule has 0 aromatic heterocycles. The number of hydrogen-bond acceptors (Lipinski definition) is 4. The first-order valence-corrected chi connectivity index (χ1v) is 10.0. The van der Waals surface area contributed by atoms with Gasteiger partial charge in [0.05, 0.1) is 16.8 Å². The molecule has 2 heterocycles. The van der Waals surface area contributed by atoms with E-state index in [9.17, 15) is 4.79 Å². The van der Waals surface area contributed by atoms with Crippen LogP contribution in [0.1, 0.15) is 40.8 Å². The zero-order valence-corrected chi connectivity index (χ0v) is 14.8. The fourth-order valence-electron chi connectivity index (χ4n) is 2.99. The minimum atomic E-state index is 0.113. The van der Waals surface area contributed by atoms with Gasteiger partial charge in [0.2, 0.25) is 0 Å². The average Bonchev–Trinajstić information content (AvgIpc) is 2.54. The van der Waals surface area contributed by atoms with Gasteiger partial charge >= 0.3 is 0 Å². The summed E-state index contributed by atoms with van der Waals surface area (Å²) in [7, 11) is 0. The van der Waals surface area contributed by atoms with Crippen LogP contribution in [0.25, 0.3) is 0 Å². The smallest absolute Gasteiger partial charge is 0.254 e. The fourth-order valence-corrected chi connectivity index (χ4v) is 5.88. The van der Waals surface area contributed by atoms with Gasteiger partial charge in [0, 0.05) is 18.7 Å². The van der Waals surface area contributed by atoms with Crippen molar-refractivity contribution in [2.75, 3.05) is 24.6 Å². The van der Waals surface area contributed by atoms with E-state index < -0.39 is 0 Å². The normalized spacial score (nSPS) is 26.9. The van der Waals surface area contributed by atoms with Gasteiger partial charge in [-0.2, -0.15) is 0 Å². The Morgan fingerprint density at radius 3 is 2.27 bits per heavy atom. The largest absolute Gasteiger partial charge is 0.372 e. The van der Waals surface area contributed by atoms with Crippen LogP contribution in [0.5, 0.6) is 0 Å². The maximum absolute atomic E-state index is 12.6. The summed E-state index contributed by atoms with van der Waals surface area (Å²) in [6.07, 6.45) is 1.53. The van der Waals surface area contributed by atoms with Crippen molar-refractivity contribution in [1.29, 1.82) is 0 Å². The zero-order valence-electron chi connectivity index (χ0n) is 13.2. The second kappa shape index (κ2) is 7.28. The second-order valence-electron chi connectivity index (χ2n) is 6.02. The molecule has 1 aromatic rings. The first kappa shape index (κ1) is 16.2. The molecule has 2 fully saturated rings. The van der Waals surface area contributed by atoms with Crippen molar-refractivity contribution in [3.05, 3.63) is 35.4 Å². The summed E-state index contributed by atoms with van der Waals surface area (Å²) in [5.74, 6) is 2.60. The standard InChI is InChI=1S/C17H23NO2S2/c1-12-10-18(11-13(2)20-12)16(19)14-4-6-15(7-5-14)17-21-8-3-9-22-17/h4-7,12-13,17H,3,8-11H2,1-2H3/t12-,13-/m1/s1. The van der Waals surface area contributed by atoms with Crippen LogP contribution < -0.4 is 0 Å². The summed E-state index contributed by atoms with van der Waals surface area (Å²) in [6, 6.07) is 8.21. The Morgan fingerprint density at radius 1 is 1.09 bits per heavy atom. The molecule has 0 N–H and O–H groups in total. The topological polar surface area (TPSA) is 29.5 Å². The van der Waals surface area contributed by atoms with Crippen molar-refractivity contribution >= 4 is 29.4 Å².